The lowest BCUT2D eigenvalue weighted by Gasteiger charge is -2.08. The predicted octanol–water partition coefficient (Wildman–Crippen LogP) is 4.23. The van der Waals surface area contributed by atoms with Crippen LogP contribution in [0.25, 0.3) is 11.4 Å². The van der Waals surface area contributed by atoms with Gasteiger partial charge < -0.3 is 11.1 Å². The van der Waals surface area contributed by atoms with Gasteiger partial charge in [-0.3, -0.25) is 0 Å². The molecule has 0 radical (unpaired) electrons. The Balaban J connectivity index is 1.93. The standard InChI is InChI=1S/C16H13BrN4/c17-12-6-8-13(9-7-12)19-15-10-14(18)20-16(21-15)11-4-2-1-3-5-11/h1-10H,(H3,18,19,20,21). The molecule has 3 rings (SSSR count). The third-order valence-corrected chi connectivity index (χ3v) is 3.42. The first-order valence-electron chi connectivity index (χ1n) is 6.43. The quantitative estimate of drug-likeness (QED) is 0.748. The summed E-state index contributed by atoms with van der Waals surface area (Å²) >= 11 is 3.41. The molecule has 0 saturated heterocycles. The first-order valence-corrected chi connectivity index (χ1v) is 7.22. The molecule has 3 N–H and O–H groups in total. The van der Waals surface area contributed by atoms with Gasteiger partial charge >= 0.3 is 0 Å². The molecule has 0 saturated carbocycles. The third kappa shape index (κ3) is 3.38. The summed E-state index contributed by atoms with van der Waals surface area (Å²) in [5.74, 6) is 1.71. The average molecular weight is 341 g/mol. The van der Waals surface area contributed by atoms with Crippen LogP contribution in [0.5, 0.6) is 0 Å². The van der Waals surface area contributed by atoms with Crippen LogP contribution in [-0.2, 0) is 0 Å². The number of hydrogen-bond acceptors (Lipinski definition) is 4. The molecule has 0 spiro atoms. The molecule has 0 atom stereocenters. The zero-order chi connectivity index (χ0) is 14.7. The Hall–Kier alpha value is -2.40. The second kappa shape index (κ2) is 5.93. The van der Waals surface area contributed by atoms with Gasteiger partial charge in [0.1, 0.15) is 11.6 Å². The van der Waals surface area contributed by atoms with Crippen molar-refractivity contribution in [3.05, 3.63) is 65.1 Å². The SMILES string of the molecule is Nc1cc(Nc2ccc(Br)cc2)nc(-c2ccccc2)n1. The normalized spacial score (nSPS) is 10.3. The fraction of sp³-hybridized carbons (Fsp3) is 0. The smallest absolute Gasteiger partial charge is 0.163 e. The van der Waals surface area contributed by atoms with Crippen molar-refractivity contribution in [3.8, 4) is 11.4 Å². The Kier molecular flexibility index (Phi) is 3.83. The minimum atomic E-state index is 0.434. The Morgan fingerprint density at radius 1 is 0.905 bits per heavy atom. The molecule has 2 aromatic carbocycles. The maximum Gasteiger partial charge on any atom is 0.163 e. The van der Waals surface area contributed by atoms with Gasteiger partial charge in [0, 0.05) is 21.8 Å². The van der Waals surface area contributed by atoms with Crippen molar-refractivity contribution in [1.29, 1.82) is 0 Å². The molecule has 1 aromatic heterocycles. The van der Waals surface area contributed by atoms with Gasteiger partial charge in [0.2, 0.25) is 0 Å². The number of benzene rings is 2. The van der Waals surface area contributed by atoms with Crippen LogP contribution < -0.4 is 11.1 Å². The summed E-state index contributed by atoms with van der Waals surface area (Å²) in [6.07, 6.45) is 0. The van der Waals surface area contributed by atoms with Crippen molar-refractivity contribution in [2.45, 2.75) is 0 Å². The van der Waals surface area contributed by atoms with Crippen molar-refractivity contribution in [2.75, 3.05) is 11.1 Å². The van der Waals surface area contributed by atoms with Gasteiger partial charge in [-0.15, -0.1) is 0 Å². The van der Waals surface area contributed by atoms with E-state index >= 15 is 0 Å². The van der Waals surface area contributed by atoms with Crippen molar-refractivity contribution >= 4 is 33.3 Å². The predicted molar refractivity (Wildman–Crippen MR) is 89.3 cm³/mol. The van der Waals surface area contributed by atoms with E-state index in [0.717, 1.165) is 15.7 Å². The Bertz CT molecular complexity index is 742. The van der Waals surface area contributed by atoms with Crippen LogP contribution in [0.1, 0.15) is 0 Å². The molecular weight excluding hydrogens is 328 g/mol. The molecule has 21 heavy (non-hydrogen) atoms. The highest BCUT2D eigenvalue weighted by molar-refractivity contribution is 9.10. The first kappa shape index (κ1) is 13.6. The summed E-state index contributed by atoms with van der Waals surface area (Å²) in [6, 6.07) is 19.3. The summed E-state index contributed by atoms with van der Waals surface area (Å²) in [7, 11) is 0. The van der Waals surface area contributed by atoms with Crippen LogP contribution in [0.2, 0.25) is 0 Å². The molecule has 5 heteroatoms. The number of nitrogen functional groups attached to an aromatic ring is 1. The maximum atomic E-state index is 5.88. The topological polar surface area (TPSA) is 63.8 Å². The number of halogens is 1. The summed E-state index contributed by atoms with van der Waals surface area (Å²) in [5, 5.41) is 3.23. The maximum absolute atomic E-state index is 5.88. The lowest BCUT2D eigenvalue weighted by atomic mass is 10.2. The second-order valence-corrected chi connectivity index (χ2v) is 5.42. The lowest BCUT2D eigenvalue weighted by molar-refractivity contribution is 1.18. The van der Waals surface area contributed by atoms with E-state index in [4.69, 9.17) is 5.73 Å². The minimum Gasteiger partial charge on any atom is -0.384 e. The molecule has 4 nitrogen and oxygen atoms in total. The fourth-order valence-electron chi connectivity index (χ4n) is 1.93. The number of anilines is 3. The van der Waals surface area contributed by atoms with Gasteiger partial charge in [0.05, 0.1) is 0 Å². The zero-order valence-electron chi connectivity index (χ0n) is 11.1. The molecule has 0 aliphatic carbocycles. The molecule has 0 amide bonds. The third-order valence-electron chi connectivity index (χ3n) is 2.89. The molecule has 0 aliphatic heterocycles. The highest BCUT2D eigenvalue weighted by Crippen LogP contribution is 2.22. The highest BCUT2D eigenvalue weighted by atomic mass is 79.9. The van der Waals surface area contributed by atoms with Crippen LogP contribution >= 0.6 is 15.9 Å². The number of nitrogens with zero attached hydrogens (tertiary/aromatic N) is 2. The van der Waals surface area contributed by atoms with Crippen molar-refractivity contribution in [3.63, 3.8) is 0 Å². The van der Waals surface area contributed by atoms with E-state index in [-0.39, 0.29) is 0 Å². The summed E-state index contributed by atoms with van der Waals surface area (Å²) in [6.45, 7) is 0. The molecule has 3 aromatic rings. The number of nitrogens with one attached hydrogen (secondary N) is 1. The molecule has 0 fully saturated rings. The number of aromatic nitrogens is 2. The van der Waals surface area contributed by atoms with Crippen LogP contribution in [-0.4, -0.2) is 9.97 Å². The Morgan fingerprint density at radius 2 is 1.62 bits per heavy atom. The highest BCUT2D eigenvalue weighted by Gasteiger charge is 2.05. The van der Waals surface area contributed by atoms with Crippen molar-refractivity contribution in [1.82, 2.24) is 9.97 Å². The molecule has 1 heterocycles. The van der Waals surface area contributed by atoms with E-state index in [1.807, 2.05) is 54.6 Å². The van der Waals surface area contributed by atoms with E-state index in [9.17, 15) is 0 Å². The van der Waals surface area contributed by atoms with E-state index in [1.54, 1.807) is 6.07 Å². The van der Waals surface area contributed by atoms with Crippen LogP contribution in [0.15, 0.2) is 65.1 Å². The van der Waals surface area contributed by atoms with E-state index in [0.29, 0.717) is 17.5 Å². The summed E-state index contributed by atoms with van der Waals surface area (Å²) in [4.78, 5) is 8.79. The van der Waals surface area contributed by atoms with Gasteiger partial charge in [0.15, 0.2) is 5.82 Å². The first-order chi connectivity index (χ1) is 10.2. The number of hydrogen-bond donors (Lipinski definition) is 2. The lowest BCUT2D eigenvalue weighted by Crippen LogP contribution is -2.00. The van der Waals surface area contributed by atoms with Crippen LogP contribution in [0.3, 0.4) is 0 Å². The zero-order valence-corrected chi connectivity index (χ0v) is 12.7. The number of nitrogens with two attached hydrogens (primary N) is 1. The van der Waals surface area contributed by atoms with Gasteiger partial charge in [-0.25, -0.2) is 9.97 Å². The monoisotopic (exact) mass is 340 g/mol. The largest absolute Gasteiger partial charge is 0.384 e. The van der Waals surface area contributed by atoms with E-state index < -0.39 is 0 Å². The molecular formula is C16H13BrN4. The average Bonchev–Trinajstić information content (AvgIpc) is 2.50. The van der Waals surface area contributed by atoms with Gasteiger partial charge in [-0.1, -0.05) is 46.3 Å². The Labute approximate surface area is 131 Å². The number of rotatable bonds is 3. The summed E-state index contributed by atoms with van der Waals surface area (Å²) in [5.41, 5.74) is 7.75. The van der Waals surface area contributed by atoms with Crippen molar-refractivity contribution < 1.29 is 0 Å². The van der Waals surface area contributed by atoms with E-state index in [2.05, 4.69) is 31.2 Å². The minimum absolute atomic E-state index is 0.434. The molecule has 104 valence electrons. The molecule has 0 unspecified atom stereocenters. The van der Waals surface area contributed by atoms with Gasteiger partial charge in [-0.05, 0) is 24.3 Å². The molecule has 0 aliphatic rings. The second-order valence-electron chi connectivity index (χ2n) is 4.50. The Morgan fingerprint density at radius 3 is 2.33 bits per heavy atom. The van der Waals surface area contributed by atoms with Gasteiger partial charge in [-0.2, -0.15) is 0 Å². The van der Waals surface area contributed by atoms with Crippen LogP contribution in [0.4, 0.5) is 17.3 Å². The van der Waals surface area contributed by atoms with E-state index in [1.165, 1.54) is 0 Å². The van der Waals surface area contributed by atoms with Gasteiger partial charge in [0.25, 0.3) is 0 Å². The fourth-order valence-corrected chi connectivity index (χ4v) is 2.19. The van der Waals surface area contributed by atoms with Crippen LogP contribution in [0, 0.1) is 0 Å². The molecule has 0 bridgehead atoms. The van der Waals surface area contributed by atoms with Crippen molar-refractivity contribution in [2.24, 2.45) is 0 Å². The summed E-state index contributed by atoms with van der Waals surface area (Å²) < 4.78 is 1.03.